The molecule has 0 saturated heterocycles. The third kappa shape index (κ3) is 2.10. The summed E-state index contributed by atoms with van der Waals surface area (Å²) in [6.45, 7) is 0.373. The first kappa shape index (κ1) is 13.2. The predicted octanol–water partition coefficient (Wildman–Crippen LogP) is 3.91. The zero-order valence-electron chi connectivity index (χ0n) is 11.5. The van der Waals surface area contributed by atoms with Crippen molar-refractivity contribution in [3.63, 3.8) is 0 Å². The molecule has 0 aliphatic carbocycles. The van der Waals surface area contributed by atoms with Crippen LogP contribution in [0.1, 0.15) is 16.7 Å². The molecule has 0 radical (unpaired) electrons. The number of rotatable bonds is 2. The number of hydrogen-bond donors (Lipinski definition) is 0. The minimum atomic E-state index is -0.287. The van der Waals surface area contributed by atoms with Gasteiger partial charge in [-0.05, 0) is 41.5 Å². The number of hydrogen-bond acceptors (Lipinski definition) is 3. The summed E-state index contributed by atoms with van der Waals surface area (Å²) >= 11 is 1.58. The number of nitrogens with zero attached hydrogens (tertiary/aromatic N) is 2. The molecule has 2 heterocycles. The average Bonchev–Trinajstić information content (AvgIpc) is 3.01. The van der Waals surface area contributed by atoms with Crippen LogP contribution in [0.2, 0.25) is 0 Å². The largest absolute Gasteiger partial charge is 0.310 e. The van der Waals surface area contributed by atoms with Crippen molar-refractivity contribution >= 4 is 39.7 Å². The van der Waals surface area contributed by atoms with E-state index in [4.69, 9.17) is 0 Å². The van der Waals surface area contributed by atoms with E-state index >= 15 is 0 Å². The van der Waals surface area contributed by atoms with E-state index in [1.54, 1.807) is 27.8 Å². The Balaban J connectivity index is 1.87. The Hall–Kier alpha value is -2.53. The first-order chi connectivity index (χ1) is 10.7. The second-order valence-corrected chi connectivity index (χ2v) is 6.03. The predicted molar refractivity (Wildman–Crippen MR) is 85.5 cm³/mol. The molecule has 2 aromatic carbocycles. The molecule has 1 amide bonds. The summed E-state index contributed by atoms with van der Waals surface area (Å²) in [7, 11) is 0. The molecule has 0 N–H and O–H groups in total. The Kier molecular flexibility index (Phi) is 3.01. The molecule has 0 spiro atoms. The first-order valence-electron chi connectivity index (χ1n) is 6.80. The van der Waals surface area contributed by atoms with Gasteiger partial charge in [0.15, 0.2) is 0 Å². The molecule has 1 aromatic heterocycles. The van der Waals surface area contributed by atoms with Gasteiger partial charge in [-0.1, -0.05) is 12.1 Å². The van der Waals surface area contributed by atoms with Gasteiger partial charge >= 0.3 is 0 Å². The molecule has 1 aliphatic rings. The van der Waals surface area contributed by atoms with Gasteiger partial charge in [-0.2, -0.15) is 0 Å². The molecule has 0 atom stereocenters. The number of fused-ring (bicyclic) bond motifs is 2. The SMILES string of the molecule is O=CN1Cc2cc(F)ccc2C=C1c1ccc2scnc2c1. The molecule has 4 rings (SSSR count). The standard InChI is InChI=1S/C17H11FN2OS/c18-14-3-1-11-7-16(20(10-21)8-13(11)5-14)12-2-4-17-15(6-12)19-9-22-17/h1-7,9-10H,8H2. The monoisotopic (exact) mass is 310 g/mol. The van der Waals surface area contributed by atoms with Crippen molar-refractivity contribution < 1.29 is 9.18 Å². The van der Waals surface area contributed by atoms with Crippen LogP contribution in [-0.2, 0) is 11.3 Å². The fourth-order valence-electron chi connectivity index (χ4n) is 2.71. The highest BCUT2D eigenvalue weighted by atomic mass is 32.1. The third-order valence-corrected chi connectivity index (χ3v) is 4.61. The van der Waals surface area contributed by atoms with Crippen molar-refractivity contribution in [1.29, 1.82) is 0 Å². The first-order valence-corrected chi connectivity index (χ1v) is 7.68. The van der Waals surface area contributed by atoms with E-state index in [1.165, 1.54) is 12.1 Å². The molecule has 1 aliphatic heterocycles. The van der Waals surface area contributed by atoms with Gasteiger partial charge in [-0.25, -0.2) is 9.37 Å². The summed E-state index contributed by atoms with van der Waals surface area (Å²) in [4.78, 5) is 17.3. The van der Waals surface area contributed by atoms with E-state index in [9.17, 15) is 9.18 Å². The summed E-state index contributed by atoms with van der Waals surface area (Å²) in [5, 5.41) is 0. The summed E-state index contributed by atoms with van der Waals surface area (Å²) < 4.78 is 14.5. The maximum Gasteiger partial charge on any atom is 0.214 e. The van der Waals surface area contributed by atoms with E-state index in [-0.39, 0.29) is 5.82 Å². The van der Waals surface area contributed by atoms with Gasteiger partial charge in [0.1, 0.15) is 5.82 Å². The van der Waals surface area contributed by atoms with E-state index in [0.717, 1.165) is 39.0 Å². The van der Waals surface area contributed by atoms with E-state index in [2.05, 4.69) is 4.98 Å². The van der Waals surface area contributed by atoms with E-state index in [0.29, 0.717) is 6.54 Å². The molecule has 3 aromatic rings. The van der Waals surface area contributed by atoms with E-state index < -0.39 is 0 Å². The topological polar surface area (TPSA) is 33.2 Å². The lowest BCUT2D eigenvalue weighted by molar-refractivity contribution is -0.115. The van der Waals surface area contributed by atoms with Crippen molar-refractivity contribution in [1.82, 2.24) is 9.88 Å². The Morgan fingerprint density at radius 2 is 2.14 bits per heavy atom. The number of halogens is 1. The fraction of sp³-hybridized carbons (Fsp3) is 0.0588. The Bertz CT molecular complexity index is 916. The fourth-order valence-corrected chi connectivity index (χ4v) is 3.37. The Morgan fingerprint density at radius 1 is 1.23 bits per heavy atom. The second-order valence-electron chi connectivity index (χ2n) is 5.14. The van der Waals surface area contributed by atoms with Crippen LogP contribution in [0.5, 0.6) is 0 Å². The highest BCUT2D eigenvalue weighted by Gasteiger charge is 2.19. The molecule has 5 heteroatoms. The van der Waals surface area contributed by atoms with Crippen LogP contribution in [0.15, 0.2) is 41.9 Å². The normalized spacial score (nSPS) is 13.9. The second kappa shape index (κ2) is 5.03. The van der Waals surface area contributed by atoms with Crippen LogP contribution in [0, 0.1) is 5.82 Å². The van der Waals surface area contributed by atoms with E-state index in [1.807, 2.05) is 24.3 Å². The summed E-state index contributed by atoms with van der Waals surface area (Å²) in [6, 6.07) is 10.6. The molecule has 0 saturated carbocycles. The Morgan fingerprint density at radius 3 is 3.00 bits per heavy atom. The molecular formula is C17H11FN2OS. The van der Waals surface area contributed by atoms with Gasteiger partial charge < -0.3 is 4.90 Å². The lowest BCUT2D eigenvalue weighted by Crippen LogP contribution is -2.23. The maximum atomic E-state index is 13.4. The molecule has 3 nitrogen and oxygen atoms in total. The number of thiazole rings is 1. The van der Waals surface area contributed by atoms with Crippen LogP contribution >= 0.6 is 11.3 Å². The minimum Gasteiger partial charge on any atom is -0.310 e. The Labute approximate surface area is 130 Å². The molecule has 0 fully saturated rings. The van der Waals surface area contributed by atoms with Crippen molar-refractivity contribution in [2.75, 3.05) is 0 Å². The van der Waals surface area contributed by atoms with Crippen LogP contribution in [0.4, 0.5) is 4.39 Å². The van der Waals surface area contributed by atoms with Gasteiger partial charge in [-0.15, -0.1) is 11.3 Å². The minimum absolute atomic E-state index is 0.287. The van der Waals surface area contributed by atoms with Gasteiger partial charge in [0.05, 0.1) is 28.0 Å². The molecular weight excluding hydrogens is 299 g/mol. The maximum absolute atomic E-state index is 13.4. The zero-order valence-corrected chi connectivity index (χ0v) is 12.3. The van der Waals surface area contributed by atoms with Crippen LogP contribution in [-0.4, -0.2) is 16.3 Å². The highest BCUT2D eigenvalue weighted by Crippen LogP contribution is 2.32. The number of aromatic nitrogens is 1. The van der Waals surface area contributed by atoms with Crippen molar-refractivity contribution in [2.45, 2.75) is 6.54 Å². The van der Waals surface area contributed by atoms with Crippen LogP contribution in [0.3, 0.4) is 0 Å². The van der Waals surface area contributed by atoms with Crippen LogP contribution < -0.4 is 0 Å². The van der Waals surface area contributed by atoms with Crippen LogP contribution in [0.25, 0.3) is 22.0 Å². The molecule has 0 bridgehead atoms. The van der Waals surface area contributed by atoms with Crippen molar-refractivity contribution in [3.05, 3.63) is 64.4 Å². The number of amides is 1. The van der Waals surface area contributed by atoms with Gasteiger partial charge in [0, 0.05) is 5.56 Å². The highest BCUT2D eigenvalue weighted by molar-refractivity contribution is 7.16. The smallest absolute Gasteiger partial charge is 0.214 e. The molecule has 0 unspecified atom stereocenters. The number of carbonyl (C=O) groups excluding carboxylic acids is 1. The van der Waals surface area contributed by atoms with Crippen molar-refractivity contribution in [2.24, 2.45) is 0 Å². The molecule has 22 heavy (non-hydrogen) atoms. The lowest BCUT2D eigenvalue weighted by Gasteiger charge is -2.27. The average molecular weight is 310 g/mol. The van der Waals surface area contributed by atoms with Gasteiger partial charge in [0.2, 0.25) is 6.41 Å². The summed E-state index contributed by atoms with van der Waals surface area (Å²) in [5.74, 6) is -0.287. The third-order valence-electron chi connectivity index (χ3n) is 3.80. The summed E-state index contributed by atoms with van der Waals surface area (Å²) in [5.41, 5.74) is 6.21. The van der Waals surface area contributed by atoms with Crippen molar-refractivity contribution in [3.8, 4) is 0 Å². The van der Waals surface area contributed by atoms with Gasteiger partial charge in [0.25, 0.3) is 0 Å². The number of benzene rings is 2. The molecule has 108 valence electrons. The lowest BCUT2D eigenvalue weighted by atomic mass is 9.98. The van der Waals surface area contributed by atoms with Gasteiger partial charge in [-0.3, -0.25) is 4.79 Å². The summed E-state index contributed by atoms with van der Waals surface area (Å²) in [6.07, 6.45) is 2.70. The zero-order chi connectivity index (χ0) is 15.1. The number of carbonyl (C=O) groups is 1. The quantitative estimate of drug-likeness (QED) is 0.672.